The molecular weight excluding hydrogens is 306 g/mol. The number of hydrogen-bond acceptors (Lipinski definition) is 4. The summed E-state index contributed by atoms with van der Waals surface area (Å²) in [7, 11) is 1.63. The van der Waals surface area contributed by atoms with E-state index in [0.29, 0.717) is 0 Å². The van der Waals surface area contributed by atoms with Crippen molar-refractivity contribution in [2.75, 3.05) is 7.11 Å². The smallest absolute Gasteiger partial charge is 0.269 e. The molecule has 0 spiro atoms. The largest absolute Gasteiger partial charge is 0.497 e. The number of benzene rings is 2. The second kappa shape index (κ2) is 6.54. The minimum atomic E-state index is -0.406. The average molecular weight is 323 g/mol. The first-order valence-electron chi connectivity index (χ1n) is 7.60. The highest BCUT2D eigenvalue weighted by Gasteiger charge is 2.12. The molecule has 0 aliphatic carbocycles. The first-order chi connectivity index (χ1) is 11.6. The van der Waals surface area contributed by atoms with Gasteiger partial charge < -0.3 is 4.74 Å². The molecule has 0 atom stereocenters. The predicted molar refractivity (Wildman–Crippen MR) is 91.6 cm³/mol. The molecule has 0 saturated heterocycles. The van der Waals surface area contributed by atoms with Gasteiger partial charge in [-0.25, -0.2) is 4.68 Å². The number of non-ortho nitro benzene ring substituents is 1. The Balaban J connectivity index is 1.99. The van der Waals surface area contributed by atoms with Gasteiger partial charge in [0.05, 0.1) is 23.4 Å². The third-order valence-electron chi connectivity index (χ3n) is 3.84. The van der Waals surface area contributed by atoms with Gasteiger partial charge in [-0.2, -0.15) is 5.10 Å². The molecule has 6 heteroatoms. The van der Waals surface area contributed by atoms with Crippen molar-refractivity contribution in [3.63, 3.8) is 0 Å². The number of nitro groups is 1. The fourth-order valence-corrected chi connectivity index (χ4v) is 2.51. The highest BCUT2D eigenvalue weighted by molar-refractivity contribution is 5.61. The topological polar surface area (TPSA) is 70.2 Å². The van der Waals surface area contributed by atoms with Gasteiger partial charge in [0, 0.05) is 23.4 Å². The van der Waals surface area contributed by atoms with Gasteiger partial charge in [0.1, 0.15) is 5.75 Å². The highest BCUT2D eigenvalue weighted by atomic mass is 16.6. The lowest BCUT2D eigenvalue weighted by Crippen LogP contribution is -2.01. The lowest BCUT2D eigenvalue weighted by Gasteiger charge is -2.05. The molecule has 1 heterocycles. The minimum Gasteiger partial charge on any atom is -0.497 e. The molecule has 0 saturated carbocycles. The summed E-state index contributed by atoms with van der Waals surface area (Å²) in [5.74, 6) is 0.796. The van der Waals surface area contributed by atoms with Gasteiger partial charge in [0.2, 0.25) is 0 Å². The first-order valence-corrected chi connectivity index (χ1v) is 7.60. The van der Waals surface area contributed by atoms with Crippen LogP contribution in [0.2, 0.25) is 0 Å². The molecule has 3 aromatic rings. The van der Waals surface area contributed by atoms with E-state index in [1.165, 1.54) is 12.1 Å². The molecule has 0 N–H and O–H groups in total. The summed E-state index contributed by atoms with van der Waals surface area (Å²) in [5, 5.41) is 15.4. The Kier molecular flexibility index (Phi) is 4.29. The van der Waals surface area contributed by atoms with Crippen molar-refractivity contribution in [1.29, 1.82) is 0 Å². The second-order valence-corrected chi connectivity index (χ2v) is 5.29. The summed E-state index contributed by atoms with van der Waals surface area (Å²) in [6.07, 6.45) is 0.806. The van der Waals surface area contributed by atoms with Crippen LogP contribution in [-0.2, 0) is 6.42 Å². The van der Waals surface area contributed by atoms with E-state index in [4.69, 9.17) is 4.74 Å². The van der Waals surface area contributed by atoms with E-state index < -0.39 is 4.92 Å². The summed E-state index contributed by atoms with van der Waals surface area (Å²) in [6.45, 7) is 2.05. The van der Waals surface area contributed by atoms with Crippen LogP contribution in [-0.4, -0.2) is 21.8 Å². The van der Waals surface area contributed by atoms with Crippen LogP contribution in [0.25, 0.3) is 16.9 Å². The zero-order valence-corrected chi connectivity index (χ0v) is 13.5. The van der Waals surface area contributed by atoms with E-state index in [9.17, 15) is 10.1 Å². The Bertz CT molecular complexity index is 852. The number of methoxy groups -OCH3 is 1. The SMILES string of the molecule is CCc1cc(-c2ccc(OC)cc2)nn1-c1ccc([N+](=O)[O-])cc1. The number of aromatic nitrogens is 2. The van der Waals surface area contributed by atoms with Gasteiger partial charge >= 0.3 is 0 Å². The maximum absolute atomic E-state index is 10.8. The molecule has 0 amide bonds. The van der Waals surface area contributed by atoms with E-state index in [0.717, 1.165) is 34.8 Å². The lowest BCUT2D eigenvalue weighted by atomic mass is 10.1. The van der Waals surface area contributed by atoms with E-state index in [2.05, 4.69) is 12.0 Å². The van der Waals surface area contributed by atoms with Crippen LogP contribution in [0.5, 0.6) is 5.75 Å². The van der Waals surface area contributed by atoms with E-state index >= 15 is 0 Å². The normalized spacial score (nSPS) is 10.6. The zero-order valence-electron chi connectivity index (χ0n) is 13.5. The number of nitrogens with zero attached hydrogens (tertiary/aromatic N) is 3. The lowest BCUT2D eigenvalue weighted by molar-refractivity contribution is -0.384. The van der Waals surface area contributed by atoms with Crippen molar-refractivity contribution < 1.29 is 9.66 Å². The van der Waals surface area contributed by atoms with Crippen LogP contribution >= 0.6 is 0 Å². The molecule has 0 bridgehead atoms. The van der Waals surface area contributed by atoms with Gasteiger partial charge in [-0.05, 0) is 48.9 Å². The monoisotopic (exact) mass is 323 g/mol. The number of aryl methyl sites for hydroxylation is 1. The molecule has 3 rings (SSSR count). The molecule has 1 aromatic heterocycles. The third kappa shape index (κ3) is 2.99. The quantitative estimate of drug-likeness (QED) is 0.525. The van der Waals surface area contributed by atoms with Crippen LogP contribution in [0, 0.1) is 10.1 Å². The van der Waals surface area contributed by atoms with Crippen molar-refractivity contribution in [2.45, 2.75) is 13.3 Å². The van der Waals surface area contributed by atoms with Crippen molar-refractivity contribution in [3.05, 3.63) is 70.4 Å². The van der Waals surface area contributed by atoms with Gasteiger partial charge in [-0.1, -0.05) is 6.92 Å². The van der Waals surface area contributed by atoms with E-state index in [1.807, 2.05) is 35.0 Å². The number of rotatable bonds is 5. The molecule has 0 fully saturated rings. The Labute approximate surface area is 139 Å². The number of nitro benzene ring substituents is 1. The number of ether oxygens (including phenoxy) is 1. The Morgan fingerprint density at radius 1 is 1.12 bits per heavy atom. The van der Waals surface area contributed by atoms with Crippen molar-refractivity contribution in [3.8, 4) is 22.7 Å². The van der Waals surface area contributed by atoms with E-state index in [-0.39, 0.29) is 5.69 Å². The molecule has 0 radical (unpaired) electrons. The maximum Gasteiger partial charge on any atom is 0.269 e. The Morgan fingerprint density at radius 2 is 1.79 bits per heavy atom. The maximum atomic E-state index is 10.8. The zero-order chi connectivity index (χ0) is 17.1. The Morgan fingerprint density at radius 3 is 2.33 bits per heavy atom. The summed E-state index contributed by atoms with van der Waals surface area (Å²) < 4.78 is 7.00. The van der Waals surface area contributed by atoms with Crippen molar-refractivity contribution in [2.24, 2.45) is 0 Å². The molecule has 0 unspecified atom stereocenters. The molecule has 6 nitrogen and oxygen atoms in total. The van der Waals surface area contributed by atoms with Crippen molar-refractivity contribution in [1.82, 2.24) is 9.78 Å². The van der Waals surface area contributed by atoms with Crippen LogP contribution in [0.1, 0.15) is 12.6 Å². The number of hydrogen-bond donors (Lipinski definition) is 0. The van der Waals surface area contributed by atoms with Gasteiger partial charge in [0.25, 0.3) is 5.69 Å². The highest BCUT2D eigenvalue weighted by Crippen LogP contribution is 2.25. The van der Waals surface area contributed by atoms with Crippen LogP contribution in [0.15, 0.2) is 54.6 Å². The molecular formula is C18H17N3O3. The van der Waals surface area contributed by atoms with Gasteiger partial charge in [-0.3, -0.25) is 10.1 Å². The summed E-state index contributed by atoms with van der Waals surface area (Å²) in [4.78, 5) is 10.4. The van der Waals surface area contributed by atoms with Gasteiger partial charge in [0.15, 0.2) is 0 Å². The molecule has 0 aliphatic rings. The summed E-state index contributed by atoms with van der Waals surface area (Å²) >= 11 is 0. The minimum absolute atomic E-state index is 0.0688. The summed E-state index contributed by atoms with van der Waals surface area (Å²) in [6, 6.07) is 16.1. The first kappa shape index (κ1) is 15.7. The third-order valence-corrected chi connectivity index (χ3v) is 3.84. The van der Waals surface area contributed by atoms with Crippen LogP contribution in [0.3, 0.4) is 0 Å². The second-order valence-electron chi connectivity index (χ2n) is 5.29. The standard InChI is InChI=1S/C18H17N3O3/c1-3-14-12-18(13-4-10-17(24-2)11-5-13)19-20(14)15-6-8-16(9-7-15)21(22)23/h4-12H,3H2,1-2H3. The molecule has 122 valence electrons. The fourth-order valence-electron chi connectivity index (χ4n) is 2.51. The van der Waals surface area contributed by atoms with Crippen LogP contribution in [0.4, 0.5) is 5.69 Å². The molecule has 0 aliphatic heterocycles. The Hall–Kier alpha value is -3.15. The van der Waals surface area contributed by atoms with Crippen LogP contribution < -0.4 is 4.74 Å². The molecule has 2 aromatic carbocycles. The fraction of sp³-hybridized carbons (Fsp3) is 0.167. The predicted octanol–water partition coefficient (Wildman–Crippen LogP) is 4.02. The average Bonchev–Trinajstić information content (AvgIpc) is 3.06. The van der Waals surface area contributed by atoms with Gasteiger partial charge in [-0.15, -0.1) is 0 Å². The van der Waals surface area contributed by atoms with Crippen molar-refractivity contribution >= 4 is 5.69 Å². The van der Waals surface area contributed by atoms with E-state index in [1.54, 1.807) is 19.2 Å². The summed E-state index contributed by atoms with van der Waals surface area (Å²) in [5.41, 5.74) is 3.75. The molecule has 24 heavy (non-hydrogen) atoms.